The van der Waals surface area contributed by atoms with Crippen molar-refractivity contribution in [3.05, 3.63) is 22.2 Å². The van der Waals surface area contributed by atoms with Crippen molar-refractivity contribution in [1.82, 2.24) is 5.32 Å². The highest BCUT2D eigenvalue weighted by Crippen LogP contribution is 2.36. The molecule has 0 amide bonds. The van der Waals surface area contributed by atoms with Crippen LogP contribution in [0, 0.1) is 5.92 Å². The van der Waals surface area contributed by atoms with Crippen molar-refractivity contribution in [2.75, 3.05) is 31.8 Å². The second kappa shape index (κ2) is 7.66. The summed E-state index contributed by atoms with van der Waals surface area (Å²) in [6.45, 7) is 3.88. The normalized spacial score (nSPS) is 20.0. The largest absolute Gasteiger partial charge is 0.493 e. The molecule has 0 spiro atoms. The average molecular weight is 392 g/mol. The van der Waals surface area contributed by atoms with Crippen molar-refractivity contribution < 1.29 is 17.9 Å². The molecule has 0 aliphatic carbocycles. The lowest BCUT2D eigenvalue weighted by Gasteiger charge is -2.14. The molecule has 2 rings (SSSR count). The summed E-state index contributed by atoms with van der Waals surface area (Å²) in [6.07, 6.45) is 0.756. The maximum atomic E-state index is 11.4. The standard InChI is InChI=1S/C15H22BrNO4S/c1-3-21-15-13(16)6-12(7-14(15)20-2)9-17-8-11-4-5-22(18,19)10-11/h6-7,11,17H,3-5,8-10H2,1-2H3. The molecular formula is C15H22BrNO4S. The Morgan fingerprint density at radius 3 is 2.77 bits per heavy atom. The molecule has 5 nitrogen and oxygen atoms in total. The van der Waals surface area contributed by atoms with E-state index in [4.69, 9.17) is 9.47 Å². The molecule has 0 saturated carbocycles. The first-order valence-electron chi connectivity index (χ1n) is 7.35. The number of halogens is 1. The van der Waals surface area contributed by atoms with Crippen LogP contribution >= 0.6 is 15.9 Å². The van der Waals surface area contributed by atoms with Crippen molar-refractivity contribution in [1.29, 1.82) is 0 Å². The van der Waals surface area contributed by atoms with E-state index >= 15 is 0 Å². The number of hydrogen-bond acceptors (Lipinski definition) is 5. The number of rotatable bonds is 7. The molecule has 1 saturated heterocycles. The fourth-order valence-corrected chi connectivity index (χ4v) is 5.08. The van der Waals surface area contributed by atoms with E-state index in [1.54, 1.807) is 7.11 Å². The molecule has 1 N–H and O–H groups in total. The minimum absolute atomic E-state index is 0.220. The summed E-state index contributed by atoms with van der Waals surface area (Å²) in [5.74, 6) is 2.24. The van der Waals surface area contributed by atoms with Gasteiger partial charge < -0.3 is 14.8 Å². The maximum Gasteiger partial charge on any atom is 0.175 e. The molecule has 0 bridgehead atoms. The van der Waals surface area contributed by atoms with Gasteiger partial charge in [0, 0.05) is 6.54 Å². The molecule has 1 fully saturated rings. The summed E-state index contributed by atoms with van der Waals surface area (Å²) in [6, 6.07) is 3.93. The molecule has 22 heavy (non-hydrogen) atoms. The van der Waals surface area contributed by atoms with Gasteiger partial charge in [0.2, 0.25) is 0 Å². The van der Waals surface area contributed by atoms with Crippen LogP contribution < -0.4 is 14.8 Å². The Kier molecular flexibility index (Phi) is 6.11. The van der Waals surface area contributed by atoms with Crippen LogP contribution in [0.25, 0.3) is 0 Å². The summed E-state index contributed by atoms with van der Waals surface area (Å²) in [5, 5.41) is 3.33. The van der Waals surface area contributed by atoms with Crippen molar-refractivity contribution >= 4 is 25.8 Å². The highest BCUT2D eigenvalue weighted by Gasteiger charge is 2.27. The van der Waals surface area contributed by atoms with Crippen molar-refractivity contribution in [3.63, 3.8) is 0 Å². The van der Waals surface area contributed by atoms with Crippen LogP contribution in [0.1, 0.15) is 18.9 Å². The number of benzene rings is 1. The Bertz CT molecular complexity index is 618. The molecule has 1 aromatic carbocycles. The minimum Gasteiger partial charge on any atom is -0.493 e. The van der Waals surface area contributed by atoms with Gasteiger partial charge in [0.15, 0.2) is 21.3 Å². The first kappa shape index (κ1) is 17.6. The lowest BCUT2D eigenvalue weighted by Crippen LogP contribution is -2.23. The highest BCUT2D eigenvalue weighted by atomic mass is 79.9. The molecule has 0 aromatic heterocycles. The van der Waals surface area contributed by atoms with Crippen LogP contribution in [0.5, 0.6) is 11.5 Å². The average Bonchev–Trinajstić information content (AvgIpc) is 2.81. The third-order valence-corrected chi connectivity index (χ3v) is 6.09. The van der Waals surface area contributed by atoms with E-state index < -0.39 is 9.84 Å². The SMILES string of the molecule is CCOc1c(Br)cc(CNCC2CCS(=O)(=O)C2)cc1OC. The predicted molar refractivity (Wildman–Crippen MR) is 90.3 cm³/mol. The second-order valence-corrected chi connectivity index (χ2v) is 8.53. The number of nitrogens with one attached hydrogen (secondary N) is 1. The smallest absolute Gasteiger partial charge is 0.175 e. The molecule has 1 aliphatic rings. The van der Waals surface area contributed by atoms with Gasteiger partial charge in [-0.2, -0.15) is 0 Å². The summed E-state index contributed by atoms with van der Waals surface area (Å²) < 4.78 is 34.7. The van der Waals surface area contributed by atoms with Crippen molar-refractivity contribution in [3.8, 4) is 11.5 Å². The van der Waals surface area contributed by atoms with Crippen LogP contribution in [0.4, 0.5) is 0 Å². The molecule has 1 atom stereocenters. The van der Waals surface area contributed by atoms with Gasteiger partial charge in [0.05, 0.1) is 29.7 Å². The van der Waals surface area contributed by atoms with Gasteiger partial charge in [-0.05, 0) is 59.4 Å². The van der Waals surface area contributed by atoms with Crippen LogP contribution in [0.15, 0.2) is 16.6 Å². The van der Waals surface area contributed by atoms with E-state index in [0.717, 1.165) is 16.5 Å². The first-order valence-corrected chi connectivity index (χ1v) is 9.97. The summed E-state index contributed by atoms with van der Waals surface area (Å²) in [4.78, 5) is 0. The monoisotopic (exact) mass is 391 g/mol. The Morgan fingerprint density at radius 1 is 1.41 bits per heavy atom. The van der Waals surface area contributed by atoms with Gasteiger partial charge in [-0.1, -0.05) is 0 Å². The van der Waals surface area contributed by atoms with Gasteiger partial charge in [-0.15, -0.1) is 0 Å². The summed E-state index contributed by atoms with van der Waals surface area (Å²) in [5.41, 5.74) is 1.06. The van der Waals surface area contributed by atoms with Gasteiger partial charge in [0.25, 0.3) is 0 Å². The van der Waals surface area contributed by atoms with E-state index in [1.165, 1.54) is 0 Å². The molecule has 124 valence electrons. The zero-order valence-corrected chi connectivity index (χ0v) is 15.3. The number of sulfone groups is 1. The van der Waals surface area contributed by atoms with E-state index in [2.05, 4.69) is 21.2 Å². The lowest BCUT2D eigenvalue weighted by molar-refractivity contribution is 0.308. The van der Waals surface area contributed by atoms with Gasteiger partial charge >= 0.3 is 0 Å². The second-order valence-electron chi connectivity index (χ2n) is 5.44. The van der Waals surface area contributed by atoms with E-state index in [-0.39, 0.29) is 5.92 Å². The van der Waals surface area contributed by atoms with E-state index in [1.807, 2.05) is 19.1 Å². The van der Waals surface area contributed by atoms with Crippen molar-refractivity contribution in [2.24, 2.45) is 5.92 Å². The van der Waals surface area contributed by atoms with Crippen LogP contribution in [-0.4, -0.2) is 40.2 Å². The zero-order valence-electron chi connectivity index (χ0n) is 12.9. The molecule has 0 radical (unpaired) electrons. The first-order chi connectivity index (χ1) is 10.4. The fourth-order valence-electron chi connectivity index (χ4n) is 2.61. The van der Waals surface area contributed by atoms with Gasteiger partial charge in [0.1, 0.15) is 0 Å². The molecule has 7 heteroatoms. The number of ether oxygens (including phenoxy) is 2. The topological polar surface area (TPSA) is 64.6 Å². The van der Waals surface area contributed by atoms with Gasteiger partial charge in [-0.25, -0.2) is 8.42 Å². The van der Waals surface area contributed by atoms with Crippen molar-refractivity contribution in [2.45, 2.75) is 19.9 Å². The number of hydrogen-bond donors (Lipinski definition) is 1. The Hall–Kier alpha value is -0.790. The predicted octanol–water partition coefficient (Wildman–Crippen LogP) is 2.38. The van der Waals surface area contributed by atoms with E-state index in [9.17, 15) is 8.42 Å². The Labute approximate surface area is 140 Å². The fraction of sp³-hybridized carbons (Fsp3) is 0.600. The highest BCUT2D eigenvalue weighted by molar-refractivity contribution is 9.10. The Morgan fingerprint density at radius 2 is 2.18 bits per heavy atom. The molecule has 1 aromatic rings. The quantitative estimate of drug-likeness (QED) is 0.772. The van der Waals surface area contributed by atoms with Gasteiger partial charge in [-0.3, -0.25) is 0 Å². The molecular weight excluding hydrogens is 370 g/mol. The zero-order chi connectivity index (χ0) is 16.2. The molecule has 1 aliphatic heterocycles. The maximum absolute atomic E-state index is 11.4. The Balaban J connectivity index is 1.94. The lowest BCUT2D eigenvalue weighted by atomic mass is 10.1. The molecule has 1 unspecified atom stereocenters. The molecule has 1 heterocycles. The van der Waals surface area contributed by atoms with Crippen LogP contribution in [-0.2, 0) is 16.4 Å². The third-order valence-electron chi connectivity index (χ3n) is 3.67. The van der Waals surface area contributed by atoms with E-state index in [0.29, 0.717) is 42.7 Å². The number of methoxy groups -OCH3 is 1. The minimum atomic E-state index is -2.80. The third kappa shape index (κ3) is 4.60. The van der Waals surface area contributed by atoms with Crippen LogP contribution in [0.2, 0.25) is 0 Å². The van der Waals surface area contributed by atoms with Crippen LogP contribution in [0.3, 0.4) is 0 Å². The summed E-state index contributed by atoms with van der Waals surface area (Å²) >= 11 is 3.50. The summed E-state index contributed by atoms with van der Waals surface area (Å²) in [7, 11) is -1.19.